The summed E-state index contributed by atoms with van der Waals surface area (Å²) in [6, 6.07) is 7.40. The number of carbonyl (C=O) groups is 2. The Labute approximate surface area is 136 Å². The number of nitrogens with zero attached hydrogens (tertiary/aromatic N) is 1. The summed E-state index contributed by atoms with van der Waals surface area (Å²) in [7, 11) is 0. The lowest BCUT2D eigenvalue weighted by Crippen LogP contribution is -2.40. The number of amides is 2. The van der Waals surface area contributed by atoms with E-state index in [0.29, 0.717) is 5.75 Å². The molecule has 1 atom stereocenters. The largest absolute Gasteiger partial charge is 0.490 e. The third-order valence-corrected chi connectivity index (χ3v) is 3.89. The average Bonchev–Trinajstić information content (AvgIpc) is 3.08. The Morgan fingerprint density at radius 1 is 1.30 bits per heavy atom. The number of hydrogen-bond acceptors (Lipinski definition) is 4. The highest BCUT2D eigenvalue weighted by Crippen LogP contribution is 2.16. The van der Waals surface area contributed by atoms with E-state index < -0.39 is 12.0 Å². The van der Waals surface area contributed by atoms with Gasteiger partial charge < -0.3 is 20.1 Å². The van der Waals surface area contributed by atoms with E-state index in [-0.39, 0.29) is 25.5 Å². The van der Waals surface area contributed by atoms with Crippen LogP contribution in [-0.2, 0) is 9.59 Å². The first-order valence-electron chi connectivity index (χ1n) is 8.00. The van der Waals surface area contributed by atoms with Gasteiger partial charge >= 0.3 is 0 Å². The molecule has 0 saturated carbocycles. The number of nitrogens with one attached hydrogen (secondary N) is 1. The molecule has 1 heterocycles. The molecule has 6 nitrogen and oxygen atoms in total. The van der Waals surface area contributed by atoms with Gasteiger partial charge in [0.2, 0.25) is 5.91 Å². The lowest BCUT2D eigenvalue weighted by molar-refractivity contribution is -0.132. The summed E-state index contributed by atoms with van der Waals surface area (Å²) in [6.45, 7) is 3.62. The number of aliphatic hydroxyl groups is 1. The van der Waals surface area contributed by atoms with Crippen LogP contribution in [0.25, 0.3) is 0 Å². The Balaban J connectivity index is 1.66. The predicted octanol–water partition coefficient (Wildman–Crippen LogP) is 0.863. The molecule has 2 amide bonds. The van der Waals surface area contributed by atoms with Crippen LogP contribution in [0.4, 0.5) is 0 Å². The van der Waals surface area contributed by atoms with Gasteiger partial charge in [0.15, 0.2) is 6.10 Å². The summed E-state index contributed by atoms with van der Waals surface area (Å²) in [5.74, 6) is 0.171. The highest BCUT2D eigenvalue weighted by molar-refractivity contribution is 5.82. The van der Waals surface area contributed by atoms with Crippen molar-refractivity contribution in [1.82, 2.24) is 10.2 Å². The van der Waals surface area contributed by atoms with E-state index in [4.69, 9.17) is 4.74 Å². The van der Waals surface area contributed by atoms with Crippen LogP contribution in [0.15, 0.2) is 24.3 Å². The SMILES string of the molecule is Cc1ccccc1OCC(O)C(=O)NCCC(=O)N1CCCC1. The molecule has 126 valence electrons. The maximum absolute atomic E-state index is 11.8. The molecule has 6 heteroatoms. The van der Waals surface area contributed by atoms with E-state index in [1.54, 1.807) is 6.07 Å². The molecular formula is C17H24N2O4. The Morgan fingerprint density at radius 2 is 2.00 bits per heavy atom. The van der Waals surface area contributed by atoms with Gasteiger partial charge in [-0.3, -0.25) is 9.59 Å². The molecule has 2 rings (SSSR count). The molecule has 23 heavy (non-hydrogen) atoms. The fourth-order valence-corrected chi connectivity index (χ4v) is 2.50. The van der Waals surface area contributed by atoms with Crippen molar-refractivity contribution in [2.45, 2.75) is 32.3 Å². The first-order chi connectivity index (χ1) is 11.1. The van der Waals surface area contributed by atoms with Crippen LogP contribution in [0, 0.1) is 6.92 Å². The van der Waals surface area contributed by atoms with Gasteiger partial charge in [0.25, 0.3) is 5.91 Å². The number of para-hydroxylation sites is 1. The predicted molar refractivity (Wildman–Crippen MR) is 86.1 cm³/mol. The van der Waals surface area contributed by atoms with E-state index in [9.17, 15) is 14.7 Å². The van der Waals surface area contributed by atoms with Crippen molar-refractivity contribution in [2.24, 2.45) is 0 Å². The highest BCUT2D eigenvalue weighted by atomic mass is 16.5. The van der Waals surface area contributed by atoms with Crippen LogP contribution in [-0.4, -0.2) is 54.2 Å². The van der Waals surface area contributed by atoms with Crippen molar-refractivity contribution in [3.05, 3.63) is 29.8 Å². The molecule has 0 aliphatic carbocycles. The fraction of sp³-hybridized carbons (Fsp3) is 0.529. The topological polar surface area (TPSA) is 78.9 Å². The number of likely N-dealkylation sites (tertiary alicyclic amines) is 1. The van der Waals surface area contributed by atoms with E-state index >= 15 is 0 Å². The molecule has 1 unspecified atom stereocenters. The van der Waals surface area contributed by atoms with E-state index in [0.717, 1.165) is 31.5 Å². The molecule has 1 saturated heterocycles. The quantitative estimate of drug-likeness (QED) is 0.781. The summed E-state index contributed by atoms with van der Waals surface area (Å²) in [4.78, 5) is 25.4. The van der Waals surface area contributed by atoms with Gasteiger partial charge in [-0.2, -0.15) is 0 Å². The van der Waals surface area contributed by atoms with Crippen molar-refractivity contribution in [2.75, 3.05) is 26.2 Å². The maximum Gasteiger partial charge on any atom is 0.252 e. The molecule has 0 aromatic heterocycles. The van der Waals surface area contributed by atoms with Crippen LogP contribution < -0.4 is 10.1 Å². The summed E-state index contributed by atoms with van der Waals surface area (Å²) < 4.78 is 5.44. The average molecular weight is 320 g/mol. The minimum atomic E-state index is -1.25. The molecule has 1 aliphatic rings. The first kappa shape index (κ1) is 17.3. The van der Waals surface area contributed by atoms with Crippen LogP contribution in [0.2, 0.25) is 0 Å². The molecular weight excluding hydrogens is 296 g/mol. The molecule has 1 aliphatic heterocycles. The van der Waals surface area contributed by atoms with Crippen molar-refractivity contribution < 1.29 is 19.4 Å². The molecule has 1 aromatic carbocycles. The van der Waals surface area contributed by atoms with Gasteiger partial charge in [-0.1, -0.05) is 18.2 Å². The summed E-state index contributed by atoms with van der Waals surface area (Å²) in [5, 5.41) is 12.4. The smallest absolute Gasteiger partial charge is 0.252 e. The summed E-state index contributed by atoms with van der Waals surface area (Å²) >= 11 is 0. The monoisotopic (exact) mass is 320 g/mol. The molecule has 1 aromatic rings. The standard InChI is InChI=1S/C17H24N2O4/c1-13-6-2-3-7-15(13)23-12-14(20)17(22)18-9-8-16(21)19-10-4-5-11-19/h2-3,6-7,14,20H,4-5,8-12H2,1H3,(H,18,22). The van der Waals surface area contributed by atoms with Gasteiger partial charge in [0.1, 0.15) is 12.4 Å². The molecule has 0 spiro atoms. The number of hydrogen-bond donors (Lipinski definition) is 2. The summed E-state index contributed by atoms with van der Waals surface area (Å²) in [5.41, 5.74) is 0.941. The van der Waals surface area contributed by atoms with Crippen molar-refractivity contribution in [3.8, 4) is 5.75 Å². The van der Waals surface area contributed by atoms with Crippen LogP contribution in [0.5, 0.6) is 5.75 Å². The van der Waals surface area contributed by atoms with E-state index in [1.165, 1.54) is 0 Å². The minimum absolute atomic E-state index is 0.0495. The van der Waals surface area contributed by atoms with E-state index in [2.05, 4.69) is 5.32 Å². The number of aliphatic hydroxyl groups excluding tert-OH is 1. The van der Waals surface area contributed by atoms with Crippen molar-refractivity contribution in [3.63, 3.8) is 0 Å². The Kier molecular flexibility index (Phi) is 6.40. The van der Waals surface area contributed by atoms with Gasteiger partial charge in [-0.15, -0.1) is 0 Å². The third-order valence-electron chi connectivity index (χ3n) is 3.89. The first-order valence-corrected chi connectivity index (χ1v) is 8.00. The Bertz CT molecular complexity index is 541. The second-order valence-electron chi connectivity index (χ2n) is 5.72. The number of aryl methyl sites for hydroxylation is 1. The molecule has 0 radical (unpaired) electrons. The van der Waals surface area contributed by atoms with Gasteiger partial charge in [-0.05, 0) is 31.4 Å². The fourth-order valence-electron chi connectivity index (χ4n) is 2.50. The second kappa shape index (κ2) is 8.53. The van der Waals surface area contributed by atoms with Crippen LogP contribution in [0.3, 0.4) is 0 Å². The summed E-state index contributed by atoms with van der Waals surface area (Å²) in [6.07, 6.45) is 1.11. The van der Waals surface area contributed by atoms with Gasteiger partial charge in [0, 0.05) is 26.1 Å². The zero-order valence-corrected chi connectivity index (χ0v) is 13.5. The van der Waals surface area contributed by atoms with Gasteiger partial charge in [0.05, 0.1) is 0 Å². The Morgan fingerprint density at radius 3 is 2.70 bits per heavy atom. The zero-order valence-electron chi connectivity index (χ0n) is 13.5. The molecule has 2 N–H and O–H groups in total. The maximum atomic E-state index is 11.8. The number of carbonyl (C=O) groups excluding carboxylic acids is 2. The zero-order chi connectivity index (χ0) is 16.7. The third kappa shape index (κ3) is 5.25. The second-order valence-corrected chi connectivity index (χ2v) is 5.72. The van der Waals surface area contributed by atoms with Gasteiger partial charge in [-0.25, -0.2) is 0 Å². The number of rotatable bonds is 7. The molecule has 1 fully saturated rings. The lowest BCUT2D eigenvalue weighted by atomic mass is 10.2. The van der Waals surface area contributed by atoms with Crippen LogP contribution in [0.1, 0.15) is 24.8 Å². The van der Waals surface area contributed by atoms with Crippen molar-refractivity contribution in [1.29, 1.82) is 0 Å². The Hall–Kier alpha value is -2.08. The van der Waals surface area contributed by atoms with Crippen LogP contribution >= 0.6 is 0 Å². The highest BCUT2D eigenvalue weighted by Gasteiger charge is 2.19. The number of ether oxygens (including phenoxy) is 1. The minimum Gasteiger partial charge on any atom is -0.490 e. The lowest BCUT2D eigenvalue weighted by Gasteiger charge is -2.16. The molecule has 0 bridgehead atoms. The van der Waals surface area contributed by atoms with E-state index in [1.807, 2.05) is 30.0 Å². The normalized spacial score (nSPS) is 15.3. The number of benzene rings is 1. The van der Waals surface area contributed by atoms with Crippen molar-refractivity contribution >= 4 is 11.8 Å².